The number of amides is 2. The molecule has 1 aromatic heterocycles. The topological polar surface area (TPSA) is 98.1 Å². The summed E-state index contributed by atoms with van der Waals surface area (Å²) in [6.07, 6.45) is 0.600. The van der Waals surface area contributed by atoms with Gasteiger partial charge in [-0.15, -0.1) is 5.10 Å². The molecule has 3 aromatic rings. The van der Waals surface area contributed by atoms with Crippen LogP contribution in [0.4, 0.5) is 5.69 Å². The zero-order valence-electron chi connectivity index (χ0n) is 16.1. The number of imide groups is 1. The van der Waals surface area contributed by atoms with Crippen molar-refractivity contribution in [3.8, 4) is 5.69 Å². The lowest BCUT2D eigenvalue weighted by molar-refractivity contribution is -0.122. The van der Waals surface area contributed by atoms with Crippen LogP contribution >= 0.6 is 11.8 Å². The maximum atomic E-state index is 13.1. The summed E-state index contributed by atoms with van der Waals surface area (Å²) in [4.78, 5) is 39.2. The van der Waals surface area contributed by atoms with Crippen LogP contribution < -0.4 is 4.90 Å². The monoisotopic (exact) mass is 419 g/mol. The Morgan fingerprint density at radius 1 is 1.00 bits per heavy atom. The number of rotatable bonds is 4. The summed E-state index contributed by atoms with van der Waals surface area (Å²) in [6, 6.07) is 14.7. The molecular weight excluding hydrogens is 402 g/mol. The number of aromatic nitrogens is 4. The number of benzene rings is 2. The normalized spacial score (nSPS) is 20.8. The molecule has 2 heterocycles. The van der Waals surface area contributed by atoms with Crippen LogP contribution in [0.5, 0.6) is 0 Å². The van der Waals surface area contributed by atoms with Gasteiger partial charge in [0.05, 0.1) is 16.6 Å². The number of hydrogen-bond acceptors (Lipinski definition) is 7. The Labute approximate surface area is 176 Å². The third-order valence-corrected chi connectivity index (χ3v) is 6.53. The molecule has 5 rings (SSSR count). The number of Topliss-reactive ketones (excluding diaryl/α,β-unsaturated/α-hetero) is 1. The Morgan fingerprint density at radius 3 is 2.53 bits per heavy atom. The quantitative estimate of drug-likeness (QED) is 0.599. The highest BCUT2D eigenvalue weighted by Crippen LogP contribution is 2.40. The lowest BCUT2D eigenvalue weighted by atomic mass is 10.1. The van der Waals surface area contributed by atoms with Gasteiger partial charge in [-0.3, -0.25) is 19.3 Å². The molecule has 1 aliphatic carbocycles. The first-order valence-corrected chi connectivity index (χ1v) is 10.5. The van der Waals surface area contributed by atoms with Crippen molar-refractivity contribution in [3.63, 3.8) is 0 Å². The van der Waals surface area contributed by atoms with Crippen molar-refractivity contribution in [1.29, 1.82) is 0 Å². The minimum Gasteiger partial charge on any atom is -0.293 e. The van der Waals surface area contributed by atoms with Crippen LogP contribution in [0.2, 0.25) is 0 Å². The highest BCUT2D eigenvalue weighted by molar-refractivity contribution is 8.00. The third-order valence-electron chi connectivity index (χ3n) is 5.40. The van der Waals surface area contributed by atoms with Crippen molar-refractivity contribution in [1.82, 2.24) is 20.2 Å². The molecule has 0 N–H and O–H groups in total. The molecule has 2 aliphatic rings. The Balaban J connectivity index is 1.46. The molecule has 2 amide bonds. The number of carbonyl (C=O) groups excluding carboxylic acids is 3. The highest BCUT2D eigenvalue weighted by atomic mass is 32.2. The summed E-state index contributed by atoms with van der Waals surface area (Å²) in [5.74, 6) is -0.833. The van der Waals surface area contributed by atoms with Gasteiger partial charge in [0.15, 0.2) is 5.78 Å². The third kappa shape index (κ3) is 2.93. The van der Waals surface area contributed by atoms with Crippen molar-refractivity contribution >= 4 is 35.0 Å². The molecule has 8 nitrogen and oxygen atoms in total. The van der Waals surface area contributed by atoms with E-state index in [1.165, 1.54) is 16.7 Å². The van der Waals surface area contributed by atoms with Crippen molar-refractivity contribution < 1.29 is 14.4 Å². The SMILES string of the molecule is CC1CC(=O)N(c2cccc3c2CC(Sc2nnnn2-c2ccccc2)C3=O)C1=O. The Bertz CT molecular complexity index is 1180. The second kappa shape index (κ2) is 7.17. The molecule has 30 heavy (non-hydrogen) atoms. The van der Waals surface area contributed by atoms with E-state index in [2.05, 4.69) is 15.5 Å². The molecule has 2 atom stereocenters. The molecule has 0 bridgehead atoms. The first-order valence-electron chi connectivity index (χ1n) is 9.58. The van der Waals surface area contributed by atoms with Gasteiger partial charge in [-0.05, 0) is 40.6 Å². The van der Waals surface area contributed by atoms with Gasteiger partial charge >= 0.3 is 0 Å². The molecule has 1 fully saturated rings. The van der Waals surface area contributed by atoms with Crippen LogP contribution in [-0.4, -0.2) is 43.1 Å². The fourth-order valence-corrected chi connectivity index (χ4v) is 4.99. The molecule has 0 spiro atoms. The molecule has 150 valence electrons. The van der Waals surface area contributed by atoms with E-state index >= 15 is 0 Å². The van der Waals surface area contributed by atoms with Crippen molar-refractivity contribution in [2.75, 3.05) is 4.90 Å². The lowest BCUT2D eigenvalue weighted by Gasteiger charge is -2.18. The van der Waals surface area contributed by atoms with Crippen LogP contribution in [0.1, 0.15) is 29.3 Å². The molecule has 9 heteroatoms. The summed E-state index contributed by atoms with van der Waals surface area (Å²) in [7, 11) is 0. The number of carbonyl (C=O) groups is 3. The number of tetrazole rings is 1. The number of hydrogen-bond donors (Lipinski definition) is 0. The highest BCUT2D eigenvalue weighted by Gasteiger charge is 2.41. The lowest BCUT2D eigenvalue weighted by Crippen LogP contribution is -2.31. The van der Waals surface area contributed by atoms with E-state index in [1.807, 2.05) is 30.3 Å². The maximum Gasteiger partial charge on any atom is 0.237 e. The summed E-state index contributed by atoms with van der Waals surface area (Å²) >= 11 is 1.29. The van der Waals surface area contributed by atoms with E-state index < -0.39 is 5.25 Å². The first-order chi connectivity index (χ1) is 14.5. The first kappa shape index (κ1) is 18.7. The van der Waals surface area contributed by atoms with Crippen molar-refractivity contribution in [2.45, 2.75) is 30.2 Å². The van der Waals surface area contributed by atoms with E-state index in [4.69, 9.17) is 0 Å². The van der Waals surface area contributed by atoms with Gasteiger partial charge in [-0.25, -0.2) is 0 Å². The molecule has 1 aliphatic heterocycles. The van der Waals surface area contributed by atoms with Crippen molar-refractivity contribution in [3.05, 3.63) is 59.7 Å². The Morgan fingerprint density at radius 2 is 1.80 bits per heavy atom. The summed E-state index contributed by atoms with van der Waals surface area (Å²) in [5, 5.41) is 12.0. The predicted octanol–water partition coefficient (Wildman–Crippen LogP) is 2.46. The van der Waals surface area contributed by atoms with Gasteiger partial charge < -0.3 is 0 Å². The molecule has 2 aromatic carbocycles. The average Bonchev–Trinajstić information content (AvgIpc) is 3.41. The summed E-state index contributed by atoms with van der Waals surface area (Å²) in [5.41, 5.74) is 2.60. The minimum absolute atomic E-state index is 0.0494. The standard InChI is InChI=1S/C21H17N5O3S/c1-12-10-18(27)25(20(12)29)16-9-5-8-14-15(16)11-17(19(14)28)30-21-22-23-24-26(21)13-6-3-2-4-7-13/h2-9,12,17H,10-11H2,1H3. The largest absolute Gasteiger partial charge is 0.293 e. The molecule has 0 saturated carbocycles. The zero-order valence-corrected chi connectivity index (χ0v) is 16.9. The maximum absolute atomic E-state index is 13.1. The van der Waals surface area contributed by atoms with E-state index in [0.717, 1.165) is 11.3 Å². The second-order valence-electron chi connectivity index (χ2n) is 7.36. The number of para-hydroxylation sites is 1. The van der Waals surface area contributed by atoms with Crippen LogP contribution in [0, 0.1) is 5.92 Å². The minimum atomic E-state index is -0.431. The number of thioether (sulfide) groups is 1. The van der Waals surface area contributed by atoms with Crippen LogP contribution in [0.25, 0.3) is 5.69 Å². The van der Waals surface area contributed by atoms with Gasteiger partial charge in [-0.2, -0.15) is 4.68 Å². The van der Waals surface area contributed by atoms with Crippen molar-refractivity contribution in [2.24, 2.45) is 5.92 Å². The Hall–Kier alpha value is -3.33. The molecule has 1 saturated heterocycles. The van der Waals surface area contributed by atoms with Crippen LogP contribution in [-0.2, 0) is 16.0 Å². The molecule has 0 radical (unpaired) electrons. The molecule has 2 unspecified atom stereocenters. The number of ketones is 1. The number of fused-ring (bicyclic) bond motifs is 1. The van der Waals surface area contributed by atoms with Crippen LogP contribution in [0.3, 0.4) is 0 Å². The Kier molecular flexibility index (Phi) is 4.47. The van der Waals surface area contributed by atoms with Gasteiger partial charge in [0.25, 0.3) is 0 Å². The van der Waals surface area contributed by atoms with Gasteiger partial charge in [0.1, 0.15) is 0 Å². The fourth-order valence-electron chi connectivity index (χ4n) is 3.92. The van der Waals surface area contributed by atoms with E-state index in [0.29, 0.717) is 22.8 Å². The van der Waals surface area contributed by atoms with Gasteiger partial charge in [0, 0.05) is 17.9 Å². The smallest absolute Gasteiger partial charge is 0.237 e. The number of nitrogens with zero attached hydrogens (tertiary/aromatic N) is 5. The fraction of sp³-hybridized carbons (Fsp3) is 0.238. The van der Waals surface area contributed by atoms with Gasteiger partial charge in [0.2, 0.25) is 17.0 Å². The number of anilines is 1. The zero-order chi connectivity index (χ0) is 20.8. The van der Waals surface area contributed by atoms with E-state index in [1.54, 1.807) is 29.8 Å². The summed E-state index contributed by atoms with van der Waals surface area (Å²) in [6.45, 7) is 1.75. The van der Waals surface area contributed by atoms with Gasteiger partial charge in [-0.1, -0.05) is 49.0 Å². The average molecular weight is 419 g/mol. The predicted molar refractivity (Wildman–Crippen MR) is 110 cm³/mol. The van der Waals surface area contributed by atoms with E-state index in [-0.39, 0.29) is 29.9 Å². The molecular formula is C21H17N5O3S. The van der Waals surface area contributed by atoms with E-state index in [9.17, 15) is 14.4 Å². The van der Waals surface area contributed by atoms with Crippen LogP contribution in [0.15, 0.2) is 53.7 Å². The summed E-state index contributed by atoms with van der Waals surface area (Å²) < 4.78 is 1.59. The second-order valence-corrected chi connectivity index (χ2v) is 8.53.